The summed E-state index contributed by atoms with van der Waals surface area (Å²) in [7, 11) is 2.33. The van der Waals surface area contributed by atoms with Gasteiger partial charge in [-0.3, -0.25) is 49.7 Å². The second-order valence-corrected chi connectivity index (χ2v) is 7.00. The number of hydrogen-bond acceptors (Lipinski definition) is 11. The largest absolute Gasteiger partial charge is 0.494 e. The van der Waals surface area contributed by atoms with Crippen molar-refractivity contribution in [1.82, 2.24) is 9.13 Å². The second kappa shape index (κ2) is 9.22. The van der Waals surface area contributed by atoms with E-state index < -0.39 is 48.8 Å². The normalized spacial score (nSPS) is 11.2. The minimum Gasteiger partial charge on any atom is -0.494 e. The Morgan fingerprint density at radius 2 is 1.46 bits per heavy atom. The molecular formula is C19H15N7O9. The summed E-state index contributed by atoms with van der Waals surface area (Å²) < 4.78 is 1.44. The molecule has 0 unspecified atom stereocenters. The standard InChI is InChI=1S/C19H15N7O9/c1-22-17(27)15(18(28)23(2)19(22)29)16(10-3-5-11(6-4-10)24(30)31)21-20-13-8-7-12(25(32)33)9-14(13)26(34)35/h3-9,20,27H,1-2H3/b21-16+. The Hall–Kier alpha value is -5.41. The molecule has 1 aromatic heterocycles. The third-order valence-electron chi connectivity index (χ3n) is 4.90. The van der Waals surface area contributed by atoms with E-state index in [1.165, 1.54) is 19.2 Å². The molecule has 3 rings (SSSR count). The Morgan fingerprint density at radius 3 is 2.00 bits per heavy atom. The molecule has 0 saturated heterocycles. The van der Waals surface area contributed by atoms with Crippen molar-refractivity contribution < 1.29 is 19.9 Å². The lowest BCUT2D eigenvalue weighted by Gasteiger charge is -2.13. The Kier molecular flexibility index (Phi) is 6.38. The Labute approximate surface area is 193 Å². The summed E-state index contributed by atoms with van der Waals surface area (Å²) in [6, 6.07) is 7.34. The van der Waals surface area contributed by atoms with Crippen LogP contribution in [0.5, 0.6) is 5.88 Å². The topological polar surface area (TPSA) is 218 Å². The highest BCUT2D eigenvalue weighted by Crippen LogP contribution is 2.29. The maximum absolute atomic E-state index is 12.8. The van der Waals surface area contributed by atoms with Crippen LogP contribution in [0.2, 0.25) is 0 Å². The number of nitro groups is 3. The fourth-order valence-corrected chi connectivity index (χ4v) is 3.04. The lowest BCUT2D eigenvalue weighted by Crippen LogP contribution is -2.40. The summed E-state index contributed by atoms with van der Waals surface area (Å²) in [5.41, 5.74) is -2.04. The molecule has 0 aliphatic heterocycles. The Balaban J connectivity index is 2.26. The summed E-state index contributed by atoms with van der Waals surface area (Å²) >= 11 is 0. The van der Waals surface area contributed by atoms with Gasteiger partial charge in [0.2, 0.25) is 5.88 Å². The van der Waals surface area contributed by atoms with Crippen molar-refractivity contribution in [2.45, 2.75) is 0 Å². The van der Waals surface area contributed by atoms with Gasteiger partial charge in [-0.2, -0.15) is 5.10 Å². The van der Waals surface area contributed by atoms with Crippen LogP contribution in [0.1, 0.15) is 11.1 Å². The van der Waals surface area contributed by atoms with Crippen molar-refractivity contribution in [2.24, 2.45) is 19.2 Å². The number of hydrazone groups is 1. The minimum absolute atomic E-state index is 0.0683. The molecule has 180 valence electrons. The van der Waals surface area contributed by atoms with Crippen LogP contribution in [-0.2, 0) is 14.1 Å². The Morgan fingerprint density at radius 1 is 0.886 bits per heavy atom. The smallest absolute Gasteiger partial charge is 0.333 e. The van der Waals surface area contributed by atoms with Crippen molar-refractivity contribution in [3.63, 3.8) is 0 Å². The fourth-order valence-electron chi connectivity index (χ4n) is 3.04. The second-order valence-electron chi connectivity index (χ2n) is 7.00. The number of rotatable bonds is 7. The van der Waals surface area contributed by atoms with E-state index >= 15 is 0 Å². The van der Waals surface area contributed by atoms with Crippen molar-refractivity contribution >= 4 is 28.5 Å². The molecule has 1 heterocycles. The molecule has 0 atom stereocenters. The van der Waals surface area contributed by atoms with Gasteiger partial charge >= 0.3 is 11.4 Å². The van der Waals surface area contributed by atoms with Crippen LogP contribution < -0.4 is 16.7 Å². The van der Waals surface area contributed by atoms with Gasteiger partial charge in [-0.1, -0.05) is 0 Å². The molecule has 16 nitrogen and oxygen atoms in total. The number of aromatic hydroxyl groups is 1. The molecule has 0 amide bonds. The van der Waals surface area contributed by atoms with Crippen molar-refractivity contribution in [3.8, 4) is 5.88 Å². The number of nitro benzene ring substituents is 3. The summed E-state index contributed by atoms with van der Waals surface area (Å²) in [5.74, 6) is -0.782. The van der Waals surface area contributed by atoms with Gasteiger partial charge in [0.25, 0.3) is 16.9 Å². The molecule has 0 saturated carbocycles. The number of nitrogens with zero attached hydrogens (tertiary/aromatic N) is 6. The summed E-state index contributed by atoms with van der Waals surface area (Å²) in [4.78, 5) is 56.0. The SMILES string of the molecule is Cn1c(O)c(/C(=N/Nc2ccc([N+](=O)[O-])cc2[N+](=O)[O-])c2ccc([N+](=O)[O-])cc2)c(=O)n(C)c1=O. The highest BCUT2D eigenvalue weighted by atomic mass is 16.6. The van der Waals surface area contributed by atoms with Crippen LogP contribution in [0.3, 0.4) is 0 Å². The number of hydrogen-bond donors (Lipinski definition) is 2. The third-order valence-corrected chi connectivity index (χ3v) is 4.90. The highest BCUT2D eigenvalue weighted by Gasteiger charge is 2.24. The highest BCUT2D eigenvalue weighted by molar-refractivity contribution is 6.14. The molecule has 0 fully saturated rings. The van der Waals surface area contributed by atoms with Crippen LogP contribution in [0, 0.1) is 30.3 Å². The summed E-state index contributed by atoms with van der Waals surface area (Å²) in [6.45, 7) is 0. The van der Waals surface area contributed by atoms with Gasteiger partial charge in [0.05, 0.1) is 20.8 Å². The van der Waals surface area contributed by atoms with Crippen LogP contribution in [0.4, 0.5) is 22.7 Å². The fraction of sp³-hybridized carbons (Fsp3) is 0.105. The molecule has 2 aromatic carbocycles. The molecule has 16 heteroatoms. The van der Waals surface area contributed by atoms with Crippen LogP contribution in [0.25, 0.3) is 0 Å². The summed E-state index contributed by atoms with van der Waals surface area (Å²) in [6.07, 6.45) is 0. The molecule has 2 N–H and O–H groups in total. The number of nitrogens with one attached hydrogen (secondary N) is 1. The van der Waals surface area contributed by atoms with Gasteiger partial charge < -0.3 is 5.11 Å². The van der Waals surface area contributed by atoms with E-state index in [4.69, 9.17) is 0 Å². The first-order valence-electron chi connectivity index (χ1n) is 9.44. The average Bonchev–Trinajstić information content (AvgIpc) is 2.83. The maximum Gasteiger partial charge on any atom is 0.333 e. The van der Waals surface area contributed by atoms with Gasteiger partial charge in [-0.05, 0) is 18.2 Å². The van der Waals surface area contributed by atoms with E-state index in [-0.39, 0.29) is 22.6 Å². The molecule has 0 aliphatic rings. The van der Waals surface area contributed by atoms with Gasteiger partial charge in [-0.15, -0.1) is 0 Å². The molecule has 35 heavy (non-hydrogen) atoms. The Bertz CT molecular complexity index is 1520. The lowest BCUT2D eigenvalue weighted by atomic mass is 10.0. The zero-order valence-electron chi connectivity index (χ0n) is 17.9. The first kappa shape index (κ1) is 24.2. The molecule has 0 radical (unpaired) electrons. The number of aromatic nitrogens is 2. The van der Waals surface area contributed by atoms with Gasteiger partial charge in [-0.25, -0.2) is 4.79 Å². The lowest BCUT2D eigenvalue weighted by molar-refractivity contribution is -0.393. The van der Waals surface area contributed by atoms with E-state index in [1.54, 1.807) is 0 Å². The molecule has 0 spiro atoms. The van der Waals surface area contributed by atoms with E-state index in [1.807, 2.05) is 0 Å². The summed E-state index contributed by atoms with van der Waals surface area (Å²) in [5, 5.41) is 47.9. The zero-order valence-corrected chi connectivity index (χ0v) is 17.9. The monoisotopic (exact) mass is 485 g/mol. The van der Waals surface area contributed by atoms with Gasteiger partial charge in [0.1, 0.15) is 17.0 Å². The number of non-ortho nitro benzene ring substituents is 2. The van der Waals surface area contributed by atoms with E-state index in [2.05, 4.69) is 10.5 Å². The number of benzene rings is 2. The quantitative estimate of drug-likeness (QED) is 0.278. The molecule has 0 bridgehead atoms. The first-order valence-corrected chi connectivity index (χ1v) is 9.44. The first-order chi connectivity index (χ1) is 16.4. The van der Waals surface area contributed by atoms with Crippen molar-refractivity contribution in [3.05, 3.63) is 105 Å². The van der Waals surface area contributed by atoms with Crippen LogP contribution in [0.15, 0.2) is 57.2 Å². The molecule has 3 aromatic rings. The van der Waals surface area contributed by atoms with E-state index in [0.717, 1.165) is 35.9 Å². The minimum atomic E-state index is -0.970. The third kappa shape index (κ3) is 4.56. The predicted molar refractivity (Wildman–Crippen MR) is 121 cm³/mol. The van der Waals surface area contributed by atoms with E-state index in [0.29, 0.717) is 10.6 Å². The van der Waals surface area contributed by atoms with E-state index in [9.17, 15) is 45.0 Å². The van der Waals surface area contributed by atoms with Crippen LogP contribution in [-0.4, -0.2) is 34.7 Å². The van der Waals surface area contributed by atoms with Crippen LogP contribution >= 0.6 is 0 Å². The van der Waals surface area contributed by atoms with Crippen molar-refractivity contribution in [1.29, 1.82) is 0 Å². The molecule has 0 aliphatic carbocycles. The zero-order chi connectivity index (χ0) is 26.0. The average molecular weight is 485 g/mol. The predicted octanol–water partition coefficient (Wildman–Crippen LogP) is 1.38. The maximum atomic E-state index is 12.8. The molecular weight excluding hydrogens is 470 g/mol. The van der Waals surface area contributed by atoms with Gasteiger partial charge in [0.15, 0.2) is 0 Å². The number of anilines is 1. The van der Waals surface area contributed by atoms with Gasteiger partial charge in [0, 0.05) is 37.9 Å². The van der Waals surface area contributed by atoms with Crippen molar-refractivity contribution in [2.75, 3.05) is 5.43 Å².